The van der Waals surface area contributed by atoms with Crippen molar-refractivity contribution in [3.8, 4) is 11.1 Å². The second-order valence-corrected chi connectivity index (χ2v) is 23.1. The van der Waals surface area contributed by atoms with Crippen LogP contribution in [-0.4, -0.2) is 6.71 Å². The Kier molecular flexibility index (Phi) is 8.97. The molecule has 2 aliphatic rings. The van der Waals surface area contributed by atoms with E-state index in [1.165, 1.54) is 116 Å². The molecule has 0 fully saturated rings. The minimum absolute atomic E-state index is 0.0201. The number of nitrogens with zero attached hydrogens (tertiary/aromatic N) is 2. The molecule has 2 heterocycles. The summed E-state index contributed by atoms with van der Waals surface area (Å²) in [7, 11) is 0. The van der Waals surface area contributed by atoms with Crippen LogP contribution in [0.1, 0.15) is 105 Å². The van der Waals surface area contributed by atoms with E-state index in [9.17, 15) is 0 Å². The van der Waals surface area contributed by atoms with Crippen molar-refractivity contribution >= 4 is 89.5 Å². The topological polar surface area (TPSA) is 6.48 Å². The van der Waals surface area contributed by atoms with Gasteiger partial charge in [-0.2, -0.15) is 0 Å². The second kappa shape index (κ2) is 14.1. The highest BCUT2D eigenvalue weighted by Gasteiger charge is 2.45. The van der Waals surface area contributed by atoms with Crippen molar-refractivity contribution in [1.29, 1.82) is 0 Å². The molecule has 0 spiro atoms. The molecule has 3 heteroatoms. The highest BCUT2D eigenvalue weighted by atomic mass is 15.2. The van der Waals surface area contributed by atoms with Gasteiger partial charge in [-0.3, -0.25) is 0 Å². The van der Waals surface area contributed by atoms with Crippen molar-refractivity contribution in [3.63, 3.8) is 0 Å². The lowest BCUT2D eigenvalue weighted by atomic mass is 9.33. The van der Waals surface area contributed by atoms with Gasteiger partial charge in [0.05, 0.1) is 5.69 Å². The van der Waals surface area contributed by atoms with Crippen LogP contribution in [0.4, 0.5) is 34.1 Å². The Morgan fingerprint density at radius 3 is 1.38 bits per heavy atom. The van der Waals surface area contributed by atoms with E-state index in [0.29, 0.717) is 0 Å². The van der Waals surface area contributed by atoms with Gasteiger partial charge in [-0.25, -0.2) is 0 Å². The molecule has 2 nitrogen and oxygen atoms in total. The van der Waals surface area contributed by atoms with Gasteiger partial charge in [-0.1, -0.05) is 186 Å². The summed E-state index contributed by atoms with van der Waals surface area (Å²) >= 11 is 0. The average molecular weight is 845 g/mol. The van der Waals surface area contributed by atoms with E-state index >= 15 is 0 Å². The normalized spacial score (nSPS) is 14.1. The van der Waals surface area contributed by atoms with E-state index in [-0.39, 0.29) is 28.4 Å². The Hall–Kier alpha value is -6.32. The van der Waals surface area contributed by atoms with Crippen molar-refractivity contribution in [2.24, 2.45) is 0 Å². The van der Waals surface area contributed by atoms with Gasteiger partial charge in [0.2, 0.25) is 0 Å². The van der Waals surface area contributed by atoms with Crippen LogP contribution in [0.5, 0.6) is 0 Å². The maximum Gasteiger partial charge on any atom is 0.252 e. The fourth-order valence-corrected chi connectivity index (χ4v) is 10.9. The molecule has 0 bridgehead atoms. The summed E-state index contributed by atoms with van der Waals surface area (Å²) in [6.07, 6.45) is 0. The van der Waals surface area contributed by atoms with Crippen molar-refractivity contribution in [2.45, 2.75) is 105 Å². The third-order valence-corrected chi connectivity index (χ3v) is 14.6. The summed E-state index contributed by atoms with van der Waals surface area (Å²) in [6, 6.07) is 59.0. The molecule has 0 aromatic heterocycles. The van der Waals surface area contributed by atoms with Gasteiger partial charge in [0.25, 0.3) is 6.71 Å². The molecule has 0 aliphatic carbocycles. The van der Waals surface area contributed by atoms with Crippen LogP contribution in [0.3, 0.4) is 0 Å². The van der Waals surface area contributed by atoms with E-state index in [2.05, 4.69) is 245 Å². The van der Waals surface area contributed by atoms with Crippen molar-refractivity contribution < 1.29 is 0 Å². The fraction of sp³-hybridized carbons (Fsp3) is 0.258. The third-order valence-electron chi connectivity index (χ3n) is 14.6. The molecule has 65 heavy (non-hydrogen) atoms. The zero-order valence-electron chi connectivity index (χ0n) is 40.4. The van der Waals surface area contributed by atoms with Crippen molar-refractivity contribution in [1.82, 2.24) is 0 Å². The summed E-state index contributed by atoms with van der Waals surface area (Å²) in [4.78, 5) is 5.22. The molecule has 0 unspecified atom stereocenters. The smallest absolute Gasteiger partial charge is 0.252 e. The number of hydrogen-bond donors (Lipinski definition) is 0. The Morgan fingerprint density at radius 2 is 0.815 bits per heavy atom. The predicted molar refractivity (Wildman–Crippen MR) is 284 cm³/mol. The lowest BCUT2D eigenvalue weighted by Gasteiger charge is -2.46. The SMILES string of the molecule is CC(C)(C)c1ccc2c(c1)B1c3cc(C(C)(C)C)ccc3N(c3ccc(C(C)(C)C)cc3-c3ccc4ccc5cccc6ccc3c4c56)c3cc(C(C)(C)C)cc(c31)N2c1ccccc1. The Morgan fingerprint density at radius 1 is 0.338 bits per heavy atom. The summed E-state index contributed by atoms with van der Waals surface area (Å²) in [5.74, 6) is 0. The predicted octanol–water partition coefficient (Wildman–Crippen LogP) is 15.5. The van der Waals surface area contributed by atoms with Crippen molar-refractivity contribution in [3.05, 3.63) is 174 Å². The number of anilines is 6. The van der Waals surface area contributed by atoms with E-state index in [1.54, 1.807) is 0 Å². The highest BCUT2D eigenvalue weighted by Crippen LogP contribution is 2.51. The van der Waals surface area contributed by atoms with Crippen LogP contribution in [0, 0.1) is 0 Å². The Balaban J connectivity index is 1.29. The maximum absolute atomic E-state index is 2.66. The van der Waals surface area contributed by atoms with Gasteiger partial charge < -0.3 is 9.80 Å². The zero-order valence-corrected chi connectivity index (χ0v) is 40.4. The molecule has 11 rings (SSSR count). The molecule has 0 atom stereocenters. The number of hydrogen-bond acceptors (Lipinski definition) is 2. The number of rotatable bonds is 3. The average Bonchev–Trinajstić information content (AvgIpc) is 3.26. The van der Waals surface area contributed by atoms with E-state index in [0.717, 1.165) is 0 Å². The third kappa shape index (κ3) is 6.52. The standard InChI is InChI=1S/C62H61BN2/c1-59(2,3)41-25-30-51(48(33-41)46-28-23-40-22-21-38-17-16-18-39-24-29-47(46)57(40)56(38)39)65-53-32-27-43(61(7,8)9)35-50(53)63-49-34-42(60(4,5)6)26-31-52(49)64(45-19-14-13-15-20-45)54-36-44(62(10,11)12)37-55(65)58(54)63/h13-37H,1-12H3. The van der Waals surface area contributed by atoms with Gasteiger partial charge >= 0.3 is 0 Å². The number of benzene rings is 9. The summed E-state index contributed by atoms with van der Waals surface area (Å²) < 4.78 is 0. The first-order chi connectivity index (χ1) is 30.8. The molecule has 0 radical (unpaired) electrons. The minimum atomic E-state index is -0.118. The molecule has 0 N–H and O–H groups in total. The van der Waals surface area contributed by atoms with Gasteiger partial charge in [0, 0.05) is 34.0 Å². The Bertz CT molecular complexity index is 3350. The highest BCUT2D eigenvalue weighted by molar-refractivity contribution is 7.00. The molecule has 322 valence electrons. The molecule has 0 saturated carbocycles. The number of fused-ring (bicyclic) bond motifs is 4. The lowest BCUT2D eigenvalue weighted by molar-refractivity contribution is 0.589. The lowest BCUT2D eigenvalue weighted by Crippen LogP contribution is -2.61. The minimum Gasteiger partial charge on any atom is -0.311 e. The first-order valence-electron chi connectivity index (χ1n) is 23.7. The van der Waals surface area contributed by atoms with Gasteiger partial charge in [-0.05, 0) is 147 Å². The van der Waals surface area contributed by atoms with E-state index in [4.69, 9.17) is 0 Å². The fourth-order valence-electron chi connectivity index (χ4n) is 10.9. The summed E-state index contributed by atoms with van der Waals surface area (Å²) in [5.41, 5.74) is 19.1. The molecular weight excluding hydrogens is 784 g/mol. The number of para-hydroxylation sites is 1. The van der Waals surface area contributed by atoms with Crippen LogP contribution in [0.25, 0.3) is 43.4 Å². The van der Waals surface area contributed by atoms with Crippen LogP contribution >= 0.6 is 0 Å². The van der Waals surface area contributed by atoms with Crippen LogP contribution in [0.15, 0.2) is 152 Å². The molecule has 9 aromatic rings. The molecular formula is C62H61BN2. The molecule has 9 aromatic carbocycles. The molecule has 0 saturated heterocycles. The van der Waals surface area contributed by atoms with E-state index < -0.39 is 0 Å². The van der Waals surface area contributed by atoms with Gasteiger partial charge in [0.15, 0.2) is 0 Å². The van der Waals surface area contributed by atoms with Crippen LogP contribution < -0.4 is 26.2 Å². The first-order valence-corrected chi connectivity index (χ1v) is 23.7. The van der Waals surface area contributed by atoms with Crippen LogP contribution in [-0.2, 0) is 21.7 Å². The Labute approximate surface area is 387 Å². The van der Waals surface area contributed by atoms with Crippen molar-refractivity contribution in [2.75, 3.05) is 9.80 Å². The first kappa shape index (κ1) is 41.4. The second-order valence-electron chi connectivity index (χ2n) is 23.1. The largest absolute Gasteiger partial charge is 0.311 e. The molecule has 0 amide bonds. The van der Waals surface area contributed by atoms with Gasteiger partial charge in [0.1, 0.15) is 0 Å². The quantitative estimate of drug-likeness (QED) is 0.129. The zero-order chi connectivity index (χ0) is 45.5. The summed E-state index contributed by atoms with van der Waals surface area (Å²) in [5, 5.41) is 7.84. The maximum atomic E-state index is 2.66. The van der Waals surface area contributed by atoms with Gasteiger partial charge in [-0.15, -0.1) is 0 Å². The summed E-state index contributed by atoms with van der Waals surface area (Å²) in [6.45, 7) is 28.2. The molecule has 2 aliphatic heterocycles. The van der Waals surface area contributed by atoms with E-state index in [1.807, 2.05) is 0 Å². The van der Waals surface area contributed by atoms with Crippen LogP contribution in [0.2, 0.25) is 0 Å². The monoisotopic (exact) mass is 844 g/mol.